The molecule has 1 amide bonds. The van der Waals surface area contributed by atoms with Gasteiger partial charge < -0.3 is 9.64 Å². The van der Waals surface area contributed by atoms with E-state index in [-0.39, 0.29) is 23.2 Å². The van der Waals surface area contributed by atoms with Gasteiger partial charge in [-0.2, -0.15) is 0 Å². The zero-order valence-corrected chi connectivity index (χ0v) is 11.9. The molecule has 0 saturated heterocycles. The number of carbonyl (C=O) groups excluding carboxylic acids is 1. The zero-order chi connectivity index (χ0) is 13.9. The Hall–Kier alpha value is -1.27. The average molecular weight is 292 g/mol. The monoisotopic (exact) mass is 291 g/mol. The van der Waals surface area contributed by atoms with E-state index in [4.69, 9.17) is 15.4 Å². The first-order valence-electron chi connectivity index (χ1n) is 5.10. The minimum Gasteiger partial charge on any atom is -0.482 e. The summed E-state index contributed by atoms with van der Waals surface area (Å²) in [4.78, 5) is 12.6. The molecule has 0 N–H and O–H groups in total. The first kappa shape index (κ1) is 14.8. The van der Waals surface area contributed by atoms with Gasteiger partial charge >= 0.3 is 0 Å². The Morgan fingerprint density at radius 2 is 2.00 bits per heavy atom. The Balaban J connectivity index is 3.00. The van der Waals surface area contributed by atoms with Gasteiger partial charge in [-0.1, -0.05) is 6.07 Å². The second-order valence-corrected chi connectivity index (χ2v) is 6.50. The Bertz CT molecular complexity index is 554. The molecule has 100 valence electrons. The fraction of sp³-hybridized carbons (Fsp3) is 0.364. The number of amides is 1. The molecule has 0 aliphatic rings. The molecular weight excluding hydrogens is 278 g/mol. The number of ether oxygens (including phenoxy) is 1. The molecule has 7 heteroatoms. The van der Waals surface area contributed by atoms with Gasteiger partial charge in [0.1, 0.15) is 10.6 Å². The predicted molar refractivity (Wildman–Crippen MR) is 68.4 cm³/mol. The lowest BCUT2D eigenvalue weighted by Crippen LogP contribution is -2.27. The van der Waals surface area contributed by atoms with Crippen molar-refractivity contribution in [3.05, 3.63) is 23.8 Å². The van der Waals surface area contributed by atoms with Crippen molar-refractivity contribution in [2.24, 2.45) is 0 Å². The second-order valence-electron chi connectivity index (χ2n) is 3.96. The standard InChI is InChI=1S/C11H14ClNO4S/c1-8-4-5-9(10(6-8)18(12,15)16)17-7-11(14)13(2)3/h4-6H,7H2,1-3H3. The van der Waals surface area contributed by atoms with Crippen LogP contribution in [0, 0.1) is 6.92 Å². The van der Waals surface area contributed by atoms with E-state index < -0.39 is 9.05 Å². The second kappa shape index (κ2) is 5.58. The van der Waals surface area contributed by atoms with Crippen molar-refractivity contribution in [2.75, 3.05) is 20.7 Å². The van der Waals surface area contributed by atoms with Crippen LogP contribution < -0.4 is 4.74 Å². The molecule has 0 bridgehead atoms. The number of hydrogen-bond acceptors (Lipinski definition) is 4. The van der Waals surface area contributed by atoms with Gasteiger partial charge in [0.2, 0.25) is 0 Å². The number of aryl methyl sites for hydroxylation is 1. The van der Waals surface area contributed by atoms with Crippen LogP contribution >= 0.6 is 10.7 Å². The zero-order valence-electron chi connectivity index (χ0n) is 10.3. The molecule has 0 saturated carbocycles. The van der Waals surface area contributed by atoms with Crippen molar-refractivity contribution in [2.45, 2.75) is 11.8 Å². The van der Waals surface area contributed by atoms with Crippen LogP contribution in [0.5, 0.6) is 5.75 Å². The van der Waals surface area contributed by atoms with Gasteiger partial charge in [-0.05, 0) is 24.6 Å². The van der Waals surface area contributed by atoms with E-state index in [0.717, 1.165) is 5.56 Å². The molecule has 0 spiro atoms. The molecule has 0 atom stereocenters. The molecule has 5 nitrogen and oxygen atoms in total. The van der Waals surface area contributed by atoms with Crippen molar-refractivity contribution >= 4 is 25.6 Å². The van der Waals surface area contributed by atoms with E-state index >= 15 is 0 Å². The van der Waals surface area contributed by atoms with Crippen LogP contribution in [0.25, 0.3) is 0 Å². The highest BCUT2D eigenvalue weighted by Gasteiger charge is 2.18. The van der Waals surface area contributed by atoms with E-state index in [0.29, 0.717) is 0 Å². The number of benzene rings is 1. The van der Waals surface area contributed by atoms with Crippen LogP contribution in [0.15, 0.2) is 23.1 Å². The summed E-state index contributed by atoms with van der Waals surface area (Å²) in [7, 11) is 4.58. The van der Waals surface area contributed by atoms with Crippen LogP contribution in [0.1, 0.15) is 5.56 Å². The third-order valence-electron chi connectivity index (χ3n) is 2.21. The molecule has 1 aromatic rings. The molecule has 1 rings (SSSR count). The van der Waals surface area contributed by atoms with Crippen LogP contribution in [0.3, 0.4) is 0 Å². The van der Waals surface area contributed by atoms with Crippen LogP contribution in [-0.2, 0) is 13.8 Å². The quantitative estimate of drug-likeness (QED) is 0.787. The van der Waals surface area contributed by atoms with E-state index in [1.54, 1.807) is 27.1 Å². The smallest absolute Gasteiger partial charge is 0.264 e. The van der Waals surface area contributed by atoms with Crippen LogP contribution in [0.2, 0.25) is 0 Å². The molecule has 18 heavy (non-hydrogen) atoms. The van der Waals surface area contributed by atoms with Gasteiger partial charge in [-0.15, -0.1) is 0 Å². The van der Waals surface area contributed by atoms with Gasteiger partial charge in [-0.25, -0.2) is 8.42 Å². The molecule has 0 fully saturated rings. The topological polar surface area (TPSA) is 63.7 Å². The fourth-order valence-electron chi connectivity index (χ4n) is 1.19. The average Bonchev–Trinajstić information content (AvgIpc) is 2.25. The molecular formula is C11H14ClNO4S. The van der Waals surface area contributed by atoms with Crippen molar-refractivity contribution < 1.29 is 17.9 Å². The predicted octanol–water partition coefficient (Wildman–Crippen LogP) is 1.39. The maximum Gasteiger partial charge on any atom is 0.264 e. The Labute approximate surface area is 111 Å². The highest BCUT2D eigenvalue weighted by atomic mass is 35.7. The fourth-order valence-corrected chi connectivity index (χ4v) is 2.25. The maximum atomic E-state index is 11.4. The Morgan fingerprint density at radius 3 is 2.50 bits per heavy atom. The highest BCUT2D eigenvalue weighted by molar-refractivity contribution is 8.13. The number of hydrogen-bond donors (Lipinski definition) is 0. The molecule has 0 aliphatic carbocycles. The van der Waals surface area contributed by atoms with Crippen molar-refractivity contribution in [1.82, 2.24) is 4.90 Å². The summed E-state index contributed by atoms with van der Waals surface area (Å²) in [6.07, 6.45) is 0. The van der Waals surface area contributed by atoms with Gasteiger partial charge in [0, 0.05) is 24.8 Å². The molecule has 0 aromatic heterocycles. The largest absolute Gasteiger partial charge is 0.482 e. The number of likely N-dealkylation sites (N-methyl/N-ethyl adjacent to an activating group) is 1. The van der Waals surface area contributed by atoms with Crippen molar-refractivity contribution in [3.63, 3.8) is 0 Å². The van der Waals surface area contributed by atoms with Gasteiger partial charge in [0.25, 0.3) is 15.0 Å². The van der Waals surface area contributed by atoms with Crippen molar-refractivity contribution in [1.29, 1.82) is 0 Å². The van der Waals surface area contributed by atoms with Crippen molar-refractivity contribution in [3.8, 4) is 5.75 Å². The van der Waals surface area contributed by atoms with E-state index in [2.05, 4.69) is 0 Å². The summed E-state index contributed by atoms with van der Waals surface area (Å²) in [5, 5.41) is 0. The first-order valence-corrected chi connectivity index (χ1v) is 7.41. The molecule has 0 unspecified atom stereocenters. The molecule has 0 aliphatic heterocycles. The normalized spacial score (nSPS) is 11.1. The summed E-state index contributed by atoms with van der Waals surface area (Å²) in [5.41, 5.74) is 0.737. The highest BCUT2D eigenvalue weighted by Crippen LogP contribution is 2.27. The third-order valence-corrected chi connectivity index (χ3v) is 3.55. The number of nitrogens with zero attached hydrogens (tertiary/aromatic N) is 1. The number of halogens is 1. The lowest BCUT2D eigenvalue weighted by atomic mass is 10.2. The summed E-state index contributed by atoms with van der Waals surface area (Å²) >= 11 is 0. The SMILES string of the molecule is Cc1ccc(OCC(=O)N(C)C)c(S(=O)(=O)Cl)c1. The van der Waals surface area contributed by atoms with E-state index in [1.807, 2.05) is 0 Å². The summed E-state index contributed by atoms with van der Waals surface area (Å²) < 4.78 is 27.9. The minimum atomic E-state index is -3.90. The minimum absolute atomic E-state index is 0.0748. The lowest BCUT2D eigenvalue weighted by Gasteiger charge is -2.13. The number of rotatable bonds is 4. The third kappa shape index (κ3) is 3.89. The van der Waals surface area contributed by atoms with Gasteiger partial charge in [-0.3, -0.25) is 4.79 Å². The molecule has 0 radical (unpaired) electrons. The maximum absolute atomic E-state index is 11.4. The molecule has 1 aromatic carbocycles. The Kier molecular flexibility index (Phi) is 4.59. The van der Waals surface area contributed by atoms with Crippen LogP contribution in [0.4, 0.5) is 0 Å². The van der Waals surface area contributed by atoms with E-state index in [1.165, 1.54) is 17.0 Å². The van der Waals surface area contributed by atoms with Gasteiger partial charge in [0.05, 0.1) is 0 Å². The Morgan fingerprint density at radius 1 is 1.39 bits per heavy atom. The summed E-state index contributed by atoms with van der Waals surface area (Å²) in [6, 6.07) is 4.56. The first-order chi connectivity index (χ1) is 8.21. The lowest BCUT2D eigenvalue weighted by molar-refractivity contribution is -0.130. The summed E-state index contributed by atoms with van der Waals surface area (Å²) in [6.45, 7) is 1.50. The van der Waals surface area contributed by atoms with Gasteiger partial charge in [0.15, 0.2) is 6.61 Å². The summed E-state index contributed by atoms with van der Waals surface area (Å²) in [5.74, 6) is -0.195. The van der Waals surface area contributed by atoms with Crippen LogP contribution in [-0.4, -0.2) is 39.9 Å². The number of carbonyl (C=O) groups is 1. The molecule has 0 heterocycles. The van der Waals surface area contributed by atoms with E-state index in [9.17, 15) is 13.2 Å².